The van der Waals surface area contributed by atoms with E-state index >= 15 is 0 Å². The van der Waals surface area contributed by atoms with E-state index in [1.807, 2.05) is 0 Å². The lowest BCUT2D eigenvalue weighted by Crippen LogP contribution is -2.38. The van der Waals surface area contributed by atoms with Gasteiger partial charge >= 0.3 is 5.97 Å². The van der Waals surface area contributed by atoms with Crippen LogP contribution in [0.1, 0.15) is 45.6 Å². The number of aromatic hydroxyl groups is 1. The summed E-state index contributed by atoms with van der Waals surface area (Å²) in [6, 6.07) is 6.73. The van der Waals surface area contributed by atoms with Gasteiger partial charge in [-0.05, 0) is 54.4 Å². The van der Waals surface area contributed by atoms with Crippen molar-refractivity contribution in [3.05, 3.63) is 35.9 Å². The monoisotopic (exact) mass is 300 g/mol. The van der Waals surface area contributed by atoms with Crippen molar-refractivity contribution in [2.24, 2.45) is 16.7 Å². The van der Waals surface area contributed by atoms with E-state index in [1.54, 1.807) is 30.3 Å². The Bertz CT molecular complexity index is 600. The number of hydrogen-bond donors (Lipinski definition) is 1. The first kappa shape index (κ1) is 15.1. The van der Waals surface area contributed by atoms with Gasteiger partial charge in [-0.2, -0.15) is 0 Å². The van der Waals surface area contributed by atoms with Crippen LogP contribution in [0.25, 0.3) is 6.08 Å². The van der Waals surface area contributed by atoms with E-state index in [-0.39, 0.29) is 28.7 Å². The first-order chi connectivity index (χ1) is 10.3. The Morgan fingerprint density at radius 3 is 2.50 bits per heavy atom. The summed E-state index contributed by atoms with van der Waals surface area (Å²) in [7, 11) is 0. The number of phenolic OH excluding ortho intramolecular Hbond substituents is 1. The van der Waals surface area contributed by atoms with Crippen LogP contribution < -0.4 is 0 Å². The summed E-state index contributed by atoms with van der Waals surface area (Å²) >= 11 is 0. The highest BCUT2D eigenvalue weighted by Gasteiger charge is 2.62. The lowest BCUT2D eigenvalue weighted by molar-refractivity contribution is -0.150. The van der Waals surface area contributed by atoms with Gasteiger partial charge in [0.25, 0.3) is 0 Å². The molecule has 3 nitrogen and oxygen atoms in total. The Balaban J connectivity index is 1.65. The van der Waals surface area contributed by atoms with Gasteiger partial charge in [0.2, 0.25) is 0 Å². The number of rotatable bonds is 3. The summed E-state index contributed by atoms with van der Waals surface area (Å²) in [4.78, 5) is 12.1. The minimum absolute atomic E-state index is 0.0261. The third-order valence-electron chi connectivity index (χ3n) is 6.28. The molecule has 0 saturated heterocycles. The average Bonchev–Trinajstić information content (AvgIpc) is 2.80. The van der Waals surface area contributed by atoms with Gasteiger partial charge in [-0.15, -0.1) is 0 Å². The molecule has 1 aromatic carbocycles. The van der Waals surface area contributed by atoms with E-state index in [0.717, 1.165) is 18.4 Å². The maximum absolute atomic E-state index is 12.1. The van der Waals surface area contributed by atoms with Crippen molar-refractivity contribution in [1.82, 2.24) is 0 Å². The van der Waals surface area contributed by atoms with E-state index in [9.17, 15) is 9.90 Å². The Kier molecular flexibility index (Phi) is 3.54. The number of esters is 1. The molecular weight excluding hydrogens is 276 g/mol. The third kappa shape index (κ3) is 2.33. The highest BCUT2D eigenvalue weighted by atomic mass is 16.5. The highest BCUT2D eigenvalue weighted by molar-refractivity contribution is 5.87. The fourth-order valence-electron chi connectivity index (χ4n) is 4.24. The molecule has 3 rings (SSSR count). The second kappa shape index (κ2) is 5.15. The third-order valence-corrected chi connectivity index (χ3v) is 6.28. The molecule has 3 unspecified atom stereocenters. The van der Waals surface area contributed by atoms with Crippen LogP contribution in [0, 0.1) is 16.7 Å². The number of benzene rings is 1. The Morgan fingerprint density at radius 1 is 1.27 bits per heavy atom. The van der Waals surface area contributed by atoms with Gasteiger partial charge in [-0.25, -0.2) is 4.79 Å². The lowest BCUT2D eigenvalue weighted by atomic mass is 9.70. The van der Waals surface area contributed by atoms with Crippen molar-refractivity contribution in [3.8, 4) is 5.75 Å². The number of ether oxygens (including phenoxy) is 1. The van der Waals surface area contributed by atoms with Crippen molar-refractivity contribution in [1.29, 1.82) is 0 Å². The van der Waals surface area contributed by atoms with Gasteiger partial charge in [0.05, 0.1) is 0 Å². The number of carbonyl (C=O) groups is 1. The van der Waals surface area contributed by atoms with Gasteiger partial charge in [-0.3, -0.25) is 0 Å². The molecule has 0 aliphatic heterocycles. The second-order valence-corrected chi connectivity index (χ2v) is 7.46. The number of hydrogen-bond acceptors (Lipinski definition) is 3. The quantitative estimate of drug-likeness (QED) is 0.673. The fourth-order valence-corrected chi connectivity index (χ4v) is 4.24. The van der Waals surface area contributed by atoms with E-state index < -0.39 is 0 Å². The Labute approximate surface area is 132 Å². The van der Waals surface area contributed by atoms with Gasteiger partial charge in [0, 0.05) is 11.5 Å². The van der Waals surface area contributed by atoms with Gasteiger partial charge in [-0.1, -0.05) is 32.9 Å². The molecule has 0 spiro atoms. The molecule has 2 fully saturated rings. The van der Waals surface area contributed by atoms with Crippen molar-refractivity contribution >= 4 is 12.0 Å². The van der Waals surface area contributed by atoms with E-state index in [2.05, 4.69) is 20.8 Å². The molecule has 1 N–H and O–H groups in total. The molecule has 0 heterocycles. The molecular formula is C19H24O3. The predicted molar refractivity (Wildman–Crippen MR) is 86.2 cm³/mol. The zero-order valence-corrected chi connectivity index (χ0v) is 13.5. The number of fused-ring (bicyclic) bond motifs is 2. The highest BCUT2D eigenvalue weighted by Crippen LogP contribution is 2.66. The molecule has 22 heavy (non-hydrogen) atoms. The van der Waals surface area contributed by atoms with E-state index in [0.29, 0.717) is 5.92 Å². The van der Waals surface area contributed by atoms with Crippen LogP contribution >= 0.6 is 0 Å². The molecule has 118 valence electrons. The maximum Gasteiger partial charge on any atom is 0.331 e. The molecule has 3 atom stereocenters. The normalized spacial score (nSPS) is 32.5. The van der Waals surface area contributed by atoms with Gasteiger partial charge in [0.15, 0.2) is 0 Å². The minimum atomic E-state index is -0.275. The van der Waals surface area contributed by atoms with Crippen LogP contribution in [0.4, 0.5) is 0 Å². The van der Waals surface area contributed by atoms with Crippen molar-refractivity contribution in [2.45, 2.75) is 46.1 Å². The summed E-state index contributed by atoms with van der Waals surface area (Å²) in [5.74, 6) is 0.607. The molecule has 2 bridgehead atoms. The summed E-state index contributed by atoms with van der Waals surface area (Å²) in [5, 5.41) is 9.25. The molecule has 0 radical (unpaired) electrons. The zero-order chi connectivity index (χ0) is 16.0. The van der Waals surface area contributed by atoms with E-state index in [4.69, 9.17) is 4.74 Å². The number of carbonyl (C=O) groups excluding carboxylic acids is 1. The summed E-state index contributed by atoms with van der Waals surface area (Å²) in [6.45, 7) is 6.89. The predicted octanol–water partition coefficient (Wildman–Crippen LogP) is 4.16. The molecule has 2 saturated carbocycles. The largest absolute Gasteiger partial charge is 0.508 e. The van der Waals surface area contributed by atoms with E-state index in [1.165, 1.54) is 12.5 Å². The first-order valence-corrected chi connectivity index (χ1v) is 8.01. The Hall–Kier alpha value is -1.77. The van der Waals surface area contributed by atoms with Crippen LogP contribution in [0.2, 0.25) is 0 Å². The molecule has 0 amide bonds. The summed E-state index contributed by atoms with van der Waals surface area (Å²) < 4.78 is 5.75. The van der Waals surface area contributed by atoms with Crippen LogP contribution in [0.15, 0.2) is 30.3 Å². The van der Waals surface area contributed by atoms with Crippen molar-refractivity contribution in [3.63, 3.8) is 0 Å². The van der Waals surface area contributed by atoms with Gasteiger partial charge < -0.3 is 9.84 Å². The molecule has 2 aliphatic carbocycles. The minimum Gasteiger partial charge on any atom is -0.508 e. The molecule has 1 aromatic rings. The standard InChI is InChI=1S/C19H24O3/c1-18(2)14-10-11-19(18,3)16(12-14)22-17(21)9-6-13-4-7-15(20)8-5-13/h4-9,14,16,20H,10-12H2,1-3H3/b9-6+. The van der Waals surface area contributed by atoms with Crippen LogP contribution in [-0.2, 0) is 9.53 Å². The molecule has 2 aliphatic rings. The lowest BCUT2D eigenvalue weighted by Gasteiger charge is -2.38. The van der Waals surface area contributed by atoms with Crippen molar-refractivity contribution in [2.75, 3.05) is 0 Å². The topological polar surface area (TPSA) is 46.5 Å². The second-order valence-electron chi connectivity index (χ2n) is 7.46. The smallest absolute Gasteiger partial charge is 0.331 e. The van der Waals surface area contributed by atoms with Crippen molar-refractivity contribution < 1.29 is 14.6 Å². The van der Waals surface area contributed by atoms with Crippen LogP contribution in [0.5, 0.6) is 5.75 Å². The average molecular weight is 300 g/mol. The summed E-state index contributed by atoms with van der Waals surface area (Å²) in [6.07, 6.45) is 6.61. The SMILES string of the molecule is CC1(C)C2CCC1(C)C(OC(=O)/C=C/c1ccc(O)cc1)C2. The fraction of sp³-hybridized carbons (Fsp3) is 0.526. The summed E-state index contributed by atoms with van der Waals surface area (Å²) in [5.41, 5.74) is 1.22. The molecule has 0 aromatic heterocycles. The van der Waals surface area contributed by atoms with Gasteiger partial charge in [0.1, 0.15) is 11.9 Å². The molecule has 3 heteroatoms. The maximum atomic E-state index is 12.1. The zero-order valence-electron chi connectivity index (χ0n) is 13.5. The van der Waals surface area contributed by atoms with Crippen LogP contribution in [0.3, 0.4) is 0 Å². The number of phenols is 1. The first-order valence-electron chi connectivity index (χ1n) is 8.01. The Morgan fingerprint density at radius 2 is 1.95 bits per heavy atom. The van der Waals surface area contributed by atoms with Crippen LogP contribution in [-0.4, -0.2) is 17.2 Å².